The Balaban J connectivity index is 2.24. The number of nitrogens with one attached hydrogen (secondary N) is 1. The van der Waals surface area contributed by atoms with E-state index < -0.39 is 0 Å². The number of benzene rings is 1. The van der Waals surface area contributed by atoms with Gasteiger partial charge in [-0.3, -0.25) is 4.98 Å². The van der Waals surface area contributed by atoms with Crippen LogP contribution in [-0.4, -0.2) is 11.5 Å². The summed E-state index contributed by atoms with van der Waals surface area (Å²) >= 11 is 6.25. The maximum absolute atomic E-state index is 6.25. The highest BCUT2D eigenvalue weighted by molar-refractivity contribution is 6.31. The molecule has 3 nitrogen and oxygen atoms in total. The van der Waals surface area contributed by atoms with Gasteiger partial charge in [0.25, 0.3) is 0 Å². The molecule has 2 aromatic rings. The van der Waals surface area contributed by atoms with Gasteiger partial charge in [0, 0.05) is 34.7 Å². The predicted molar refractivity (Wildman–Crippen MR) is 84.8 cm³/mol. The van der Waals surface area contributed by atoms with Crippen LogP contribution in [0, 0.1) is 0 Å². The third kappa shape index (κ3) is 3.71. The Hall–Kier alpha value is -1.58. The van der Waals surface area contributed by atoms with Gasteiger partial charge in [0.2, 0.25) is 0 Å². The van der Waals surface area contributed by atoms with E-state index in [-0.39, 0.29) is 6.04 Å². The second-order valence-corrected chi connectivity index (χ2v) is 5.21. The number of nitrogens with two attached hydrogens (primary N) is 1. The van der Waals surface area contributed by atoms with Gasteiger partial charge >= 0.3 is 0 Å². The summed E-state index contributed by atoms with van der Waals surface area (Å²) in [7, 11) is 0. The molecule has 3 N–H and O–H groups in total. The summed E-state index contributed by atoms with van der Waals surface area (Å²) in [5, 5.41) is 4.31. The lowest BCUT2D eigenvalue weighted by Gasteiger charge is -2.21. The smallest absolute Gasteiger partial charge is 0.0438 e. The normalized spacial score (nSPS) is 12.3. The first kappa shape index (κ1) is 14.8. The van der Waals surface area contributed by atoms with Gasteiger partial charge in [-0.1, -0.05) is 36.7 Å². The second kappa shape index (κ2) is 7.27. The van der Waals surface area contributed by atoms with Crippen LogP contribution in [0.3, 0.4) is 0 Å². The largest absolute Gasteiger partial charge is 0.398 e. The fourth-order valence-electron chi connectivity index (χ4n) is 2.20. The average molecular weight is 290 g/mol. The van der Waals surface area contributed by atoms with Crippen LogP contribution < -0.4 is 11.1 Å². The number of aromatic nitrogens is 1. The molecule has 1 aromatic carbocycles. The molecule has 0 amide bonds. The van der Waals surface area contributed by atoms with Crippen molar-refractivity contribution in [2.45, 2.75) is 25.8 Å². The Labute approximate surface area is 125 Å². The van der Waals surface area contributed by atoms with Crippen LogP contribution in [0.25, 0.3) is 0 Å². The molecule has 20 heavy (non-hydrogen) atoms. The maximum Gasteiger partial charge on any atom is 0.0438 e. The SMILES string of the molecule is CCCNC(Cc1ccccc1Cl)c1cnccc1N. The first-order valence-electron chi connectivity index (χ1n) is 6.88. The fraction of sp³-hybridized carbons (Fsp3) is 0.312. The molecule has 0 saturated heterocycles. The number of pyridine rings is 1. The molecule has 0 saturated carbocycles. The zero-order valence-corrected chi connectivity index (χ0v) is 12.4. The van der Waals surface area contributed by atoms with E-state index in [9.17, 15) is 0 Å². The molecule has 1 unspecified atom stereocenters. The fourth-order valence-corrected chi connectivity index (χ4v) is 2.42. The maximum atomic E-state index is 6.25. The third-order valence-electron chi connectivity index (χ3n) is 3.29. The molecule has 2 rings (SSSR count). The van der Waals surface area contributed by atoms with E-state index in [0.29, 0.717) is 0 Å². The van der Waals surface area contributed by atoms with Crippen molar-refractivity contribution in [3.63, 3.8) is 0 Å². The lowest BCUT2D eigenvalue weighted by atomic mass is 9.99. The average Bonchev–Trinajstić information content (AvgIpc) is 2.46. The predicted octanol–water partition coefficient (Wildman–Crippen LogP) is 3.60. The molecule has 1 atom stereocenters. The lowest BCUT2D eigenvalue weighted by molar-refractivity contribution is 0.529. The van der Waals surface area contributed by atoms with E-state index in [2.05, 4.69) is 23.3 Å². The number of halogens is 1. The highest BCUT2D eigenvalue weighted by Crippen LogP contribution is 2.26. The summed E-state index contributed by atoms with van der Waals surface area (Å²) in [5.41, 5.74) is 8.98. The molecule has 1 heterocycles. The summed E-state index contributed by atoms with van der Waals surface area (Å²) < 4.78 is 0. The first-order valence-corrected chi connectivity index (χ1v) is 7.26. The van der Waals surface area contributed by atoms with Crippen LogP contribution >= 0.6 is 11.6 Å². The third-order valence-corrected chi connectivity index (χ3v) is 3.65. The van der Waals surface area contributed by atoms with Crippen molar-refractivity contribution in [3.8, 4) is 0 Å². The molecular weight excluding hydrogens is 270 g/mol. The zero-order valence-electron chi connectivity index (χ0n) is 11.6. The van der Waals surface area contributed by atoms with E-state index in [4.69, 9.17) is 17.3 Å². The molecule has 0 spiro atoms. The monoisotopic (exact) mass is 289 g/mol. The van der Waals surface area contributed by atoms with Crippen molar-refractivity contribution in [1.82, 2.24) is 10.3 Å². The van der Waals surface area contributed by atoms with Crippen LogP contribution in [0.2, 0.25) is 5.02 Å². The van der Waals surface area contributed by atoms with E-state index in [1.165, 1.54) is 0 Å². The number of hydrogen-bond acceptors (Lipinski definition) is 3. The number of rotatable bonds is 6. The summed E-state index contributed by atoms with van der Waals surface area (Å²) in [6.45, 7) is 3.08. The Kier molecular flexibility index (Phi) is 5.39. The van der Waals surface area contributed by atoms with Gasteiger partial charge in [0.05, 0.1) is 0 Å². The minimum atomic E-state index is 0.128. The Morgan fingerprint density at radius 2 is 2.10 bits per heavy atom. The van der Waals surface area contributed by atoms with Crippen LogP contribution in [0.15, 0.2) is 42.7 Å². The Bertz CT molecular complexity index is 557. The van der Waals surface area contributed by atoms with Gasteiger partial charge in [-0.25, -0.2) is 0 Å². The molecule has 1 aromatic heterocycles. The van der Waals surface area contributed by atoms with Crippen molar-refractivity contribution >= 4 is 17.3 Å². The Morgan fingerprint density at radius 1 is 1.30 bits per heavy atom. The van der Waals surface area contributed by atoms with E-state index in [1.54, 1.807) is 6.20 Å². The van der Waals surface area contributed by atoms with Gasteiger partial charge in [-0.05, 0) is 37.1 Å². The number of hydrogen-bond donors (Lipinski definition) is 2. The first-order chi connectivity index (χ1) is 9.72. The summed E-state index contributed by atoms with van der Waals surface area (Å²) in [5.74, 6) is 0. The Morgan fingerprint density at radius 3 is 2.80 bits per heavy atom. The second-order valence-electron chi connectivity index (χ2n) is 4.81. The topological polar surface area (TPSA) is 50.9 Å². The van der Waals surface area contributed by atoms with Gasteiger partial charge in [-0.2, -0.15) is 0 Å². The van der Waals surface area contributed by atoms with Gasteiger partial charge in [0.15, 0.2) is 0 Å². The lowest BCUT2D eigenvalue weighted by Crippen LogP contribution is -2.25. The number of nitrogen functional groups attached to an aromatic ring is 1. The minimum absolute atomic E-state index is 0.128. The molecule has 0 aliphatic heterocycles. The van der Waals surface area contributed by atoms with Crippen LogP contribution in [-0.2, 0) is 6.42 Å². The summed E-state index contributed by atoms with van der Waals surface area (Å²) in [4.78, 5) is 4.19. The van der Waals surface area contributed by atoms with Gasteiger partial charge in [0.1, 0.15) is 0 Å². The molecule has 4 heteroatoms. The standard InChI is InChI=1S/C16H20ClN3/c1-2-8-20-16(13-11-19-9-7-15(13)18)10-12-5-3-4-6-14(12)17/h3-7,9,11,16,20H,2,8,10H2,1H3,(H2,18,19). The highest BCUT2D eigenvalue weighted by atomic mass is 35.5. The minimum Gasteiger partial charge on any atom is -0.398 e. The molecule has 0 radical (unpaired) electrons. The van der Waals surface area contributed by atoms with Crippen LogP contribution in [0.4, 0.5) is 5.69 Å². The number of anilines is 1. The van der Waals surface area contributed by atoms with Crippen molar-refractivity contribution in [2.24, 2.45) is 0 Å². The van der Waals surface area contributed by atoms with Gasteiger partial charge < -0.3 is 11.1 Å². The molecule has 0 bridgehead atoms. The molecule has 0 fully saturated rings. The van der Waals surface area contributed by atoms with Crippen molar-refractivity contribution in [1.29, 1.82) is 0 Å². The zero-order chi connectivity index (χ0) is 14.4. The van der Waals surface area contributed by atoms with E-state index in [1.807, 2.05) is 30.5 Å². The van der Waals surface area contributed by atoms with E-state index >= 15 is 0 Å². The molecule has 106 valence electrons. The molecular formula is C16H20ClN3. The summed E-state index contributed by atoms with van der Waals surface area (Å²) in [6, 6.07) is 9.88. The van der Waals surface area contributed by atoms with E-state index in [0.717, 1.165) is 41.2 Å². The van der Waals surface area contributed by atoms with Crippen LogP contribution in [0.5, 0.6) is 0 Å². The quantitative estimate of drug-likeness (QED) is 0.854. The molecule has 0 aliphatic rings. The van der Waals surface area contributed by atoms with Crippen molar-refractivity contribution < 1.29 is 0 Å². The highest BCUT2D eigenvalue weighted by Gasteiger charge is 2.15. The van der Waals surface area contributed by atoms with Crippen LogP contribution in [0.1, 0.15) is 30.5 Å². The molecule has 0 aliphatic carbocycles. The van der Waals surface area contributed by atoms with Gasteiger partial charge in [-0.15, -0.1) is 0 Å². The number of nitrogens with zero attached hydrogens (tertiary/aromatic N) is 1. The van der Waals surface area contributed by atoms with Crippen molar-refractivity contribution in [3.05, 3.63) is 58.9 Å². The van der Waals surface area contributed by atoms with Crippen molar-refractivity contribution in [2.75, 3.05) is 12.3 Å². The summed E-state index contributed by atoms with van der Waals surface area (Å²) in [6.07, 6.45) is 5.42.